The maximum atomic E-state index is 14.8. The van der Waals surface area contributed by atoms with E-state index in [1.165, 1.54) is 12.1 Å². The van der Waals surface area contributed by atoms with Crippen molar-refractivity contribution in [3.63, 3.8) is 0 Å². The molecule has 3 N–H and O–H groups in total. The number of rotatable bonds is 7. The van der Waals surface area contributed by atoms with Crippen LogP contribution in [0.1, 0.15) is 37.6 Å². The van der Waals surface area contributed by atoms with E-state index in [0.29, 0.717) is 28.5 Å². The van der Waals surface area contributed by atoms with Crippen LogP contribution in [0.2, 0.25) is 5.02 Å². The Balaban J connectivity index is 1.65. The summed E-state index contributed by atoms with van der Waals surface area (Å²) in [6.07, 6.45) is 4.85. The number of amidine groups is 1. The molecular formula is C22H23ClF2N6O. The molecule has 0 radical (unpaired) electrons. The molecule has 4 rings (SSSR count). The average Bonchev–Trinajstić information content (AvgIpc) is 3.48. The normalized spacial score (nSPS) is 19.1. The topological polar surface area (TPSA) is 98.3 Å². The molecule has 0 aliphatic heterocycles. The lowest BCUT2D eigenvalue weighted by Gasteiger charge is -2.15. The van der Waals surface area contributed by atoms with E-state index in [-0.39, 0.29) is 22.7 Å². The third kappa shape index (κ3) is 4.72. The third-order valence-corrected chi connectivity index (χ3v) is 5.56. The SMILES string of the molecule is CCc1cnc2c(Nc3cc(Cl)c(F)c([C@@H](CF)N=C(N)O[C@@H]4C[C@@H]4C)c3)nccc2n1. The van der Waals surface area contributed by atoms with Crippen molar-refractivity contribution in [2.75, 3.05) is 12.0 Å². The summed E-state index contributed by atoms with van der Waals surface area (Å²) < 4.78 is 34.0. The van der Waals surface area contributed by atoms with Gasteiger partial charge in [0, 0.05) is 23.6 Å². The van der Waals surface area contributed by atoms with E-state index in [4.69, 9.17) is 22.1 Å². The molecule has 168 valence electrons. The van der Waals surface area contributed by atoms with Gasteiger partial charge in [-0.2, -0.15) is 0 Å². The Bertz CT molecular complexity index is 1170. The lowest BCUT2D eigenvalue weighted by molar-refractivity contribution is 0.265. The summed E-state index contributed by atoms with van der Waals surface area (Å²) in [6.45, 7) is 3.03. The van der Waals surface area contributed by atoms with E-state index in [1.54, 1.807) is 18.5 Å². The summed E-state index contributed by atoms with van der Waals surface area (Å²) in [6, 6.07) is 3.20. The van der Waals surface area contributed by atoms with Gasteiger partial charge in [-0.05, 0) is 37.0 Å². The van der Waals surface area contributed by atoms with Gasteiger partial charge in [-0.1, -0.05) is 25.4 Å². The standard InChI is InChI=1S/C22H23ClF2N6O/c1-3-12-10-28-20-16(29-12)4-5-27-21(20)30-13-7-14(19(25)15(23)8-13)17(9-24)31-22(26)32-18-6-11(18)2/h4-5,7-8,10-11,17-18H,3,6,9H2,1-2H3,(H2,26,31)(H,27,30)/t11-,17+,18+/m0/s1. The molecule has 1 saturated carbocycles. The summed E-state index contributed by atoms with van der Waals surface area (Å²) in [5.41, 5.74) is 8.21. The summed E-state index contributed by atoms with van der Waals surface area (Å²) >= 11 is 6.10. The number of nitrogens with zero attached hydrogens (tertiary/aromatic N) is 4. The maximum Gasteiger partial charge on any atom is 0.282 e. The second kappa shape index (κ2) is 9.20. The second-order valence-corrected chi connectivity index (χ2v) is 8.14. The molecule has 0 spiro atoms. The third-order valence-electron chi connectivity index (χ3n) is 5.29. The second-order valence-electron chi connectivity index (χ2n) is 7.74. The number of alkyl halides is 1. The highest BCUT2D eigenvalue weighted by atomic mass is 35.5. The van der Waals surface area contributed by atoms with Crippen molar-refractivity contribution in [3.05, 3.63) is 52.7 Å². The summed E-state index contributed by atoms with van der Waals surface area (Å²) in [5, 5.41) is 2.89. The van der Waals surface area contributed by atoms with Crippen LogP contribution in [-0.2, 0) is 11.2 Å². The molecule has 0 bridgehead atoms. The largest absolute Gasteiger partial charge is 0.462 e. The number of hydrogen-bond donors (Lipinski definition) is 2. The highest BCUT2D eigenvalue weighted by molar-refractivity contribution is 6.31. The first-order chi connectivity index (χ1) is 15.4. The van der Waals surface area contributed by atoms with Gasteiger partial charge in [-0.3, -0.25) is 0 Å². The molecule has 1 fully saturated rings. The molecule has 2 heterocycles. The molecule has 0 saturated heterocycles. The van der Waals surface area contributed by atoms with Gasteiger partial charge in [0.15, 0.2) is 5.82 Å². The molecule has 1 aliphatic carbocycles. The number of pyridine rings is 1. The first kappa shape index (κ1) is 22.1. The lowest BCUT2D eigenvalue weighted by Crippen LogP contribution is -2.20. The van der Waals surface area contributed by atoms with E-state index in [1.807, 2.05) is 13.8 Å². The van der Waals surface area contributed by atoms with Crippen molar-refractivity contribution in [1.29, 1.82) is 0 Å². The Morgan fingerprint density at radius 2 is 2.19 bits per heavy atom. The van der Waals surface area contributed by atoms with Crippen molar-refractivity contribution in [2.45, 2.75) is 38.8 Å². The Hall–Kier alpha value is -3.07. The first-order valence-electron chi connectivity index (χ1n) is 10.3. The van der Waals surface area contributed by atoms with E-state index in [9.17, 15) is 8.78 Å². The lowest BCUT2D eigenvalue weighted by atomic mass is 10.1. The number of aryl methyl sites for hydroxylation is 1. The highest BCUT2D eigenvalue weighted by Gasteiger charge is 2.35. The van der Waals surface area contributed by atoms with E-state index in [2.05, 4.69) is 25.3 Å². The van der Waals surface area contributed by atoms with Crippen molar-refractivity contribution in [2.24, 2.45) is 16.6 Å². The molecule has 7 nitrogen and oxygen atoms in total. The van der Waals surface area contributed by atoms with E-state index >= 15 is 0 Å². The van der Waals surface area contributed by atoms with E-state index < -0.39 is 18.5 Å². The number of aliphatic imine (C=N–C) groups is 1. The number of nitrogens with two attached hydrogens (primary N) is 1. The Labute approximate surface area is 189 Å². The van der Waals surface area contributed by atoms with Gasteiger partial charge in [0.1, 0.15) is 30.2 Å². The molecule has 0 unspecified atom stereocenters. The van der Waals surface area contributed by atoms with Gasteiger partial charge in [0.05, 0.1) is 16.2 Å². The average molecular weight is 461 g/mol. The van der Waals surface area contributed by atoms with Gasteiger partial charge < -0.3 is 15.8 Å². The quantitative estimate of drug-likeness (QED) is 0.385. The molecule has 0 amide bonds. The van der Waals surface area contributed by atoms with Crippen molar-refractivity contribution >= 4 is 40.2 Å². The maximum absolute atomic E-state index is 14.8. The van der Waals surface area contributed by atoms with Crippen LogP contribution in [0.4, 0.5) is 20.3 Å². The molecule has 32 heavy (non-hydrogen) atoms. The minimum atomic E-state index is -1.20. The molecular weight excluding hydrogens is 438 g/mol. The van der Waals surface area contributed by atoms with Crippen LogP contribution in [0.15, 0.2) is 35.6 Å². The number of anilines is 2. The number of aromatic nitrogens is 3. The highest BCUT2D eigenvalue weighted by Crippen LogP contribution is 2.34. The van der Waals surface area contributed by atoms with E-state index in [0.717, 1.165) is 18.5 Å². The zero-order valence-electron chi connectivity index (χ0n) is 17.6. The zero-order valence-corrected chi connectivity index (χ0v) is 18.4. The van der Waals surface area contributed by atoms with Crippen molar-refractivity contribution in [3.8, 4) is 0 Å². The van der Waals surface area contributed by atoms with Crippen LogP contribution in [0.5, 0.6) is 0 Å². The summed E-state index contributed by atoms with van der Waals surface area (Å²) in [4.78, 5) is 17.3. The number of nitrogens with one attached hydrogen (secondary N) is 1. The fourth-order valence-electron chi connectivity index (χ4n) is 3.29. The monoisotopic (exact) mass is 460 g/mol. The fourth-order valence-corrected chi connectivity index (χ4v) is 3.51. The smallest absolute Gasteiger partial charge is 0.282 e. The van der Waals surface area contributed by atoms with Crippen LogP contribution in [0, 0.1) is 11.7 Å². The Kier molecular flexibility index (Phi) is 6.36. The summed E-state index contributed by atoms with van der Waals surface area (Å²) in [5.74, 6) is 0.0163. The van der Waals surface area contributed by atoms with Gasteiger partial charge in [0.25, 0.3) is 6.02 Å². The minimum Gasteiger partial charge on any atom is -0.462 e. The molecule has 3 atom stereocenters. The number of ether oxygens (including phenoxy) is 1. The van der Waals surface area contributed by atoms with Crippen LogP contribution >= 0.6 is 11.6 Å². The Morgan fingerprint density at radius 1 is 1.41 bits per heavy atom. The van der Waals surface area contributed by atoms with Crippen LogP contribution < -0.4 is 11.1 Å². The van der Waals surface area contributed by atoms with Gasteiger partial charge in [0.2, 0.25) is 0 Å². The van der Waals surface area contributed by atoms with Crippen LogP contribution in [0.3, 0.4) is 0 Å². The fraction of sp³-hybridized carbons (Fsp3) is 0.364. The zero-order chi connectivity index (χ0) is 22.8. The number of hydrogen-bond acceptors (Lipinski definition) is 6. The molecule has 1 aliphatic rings. The van der Waals surface area contributed by atoms with Crippen molar-refractivity contribution in [1.82, 2.24) is 15.0 Å². The van der Waals surface area contributed by atoms with Gasteiger partial charge in [-0.15, -0.1) is 0 Å². The first-order valence-corrected chi connectivity index (χ1v) is 10.7. The number of halogens is 3. The van der Waals surface area contributed by atoms with Gasteiger partial charge in [-0.25, -0.2) is 28.7 Å². The summed E-state index contributed by atoms with van der Waals surface area (Å²) in [7, 11) is 0. The van der Waals surface area contributed by atoms with Gasteiger partial charge >= 0.3 is 0 Å². The Morgan fingerprint density at radius 3 is 2.88 bits per heavy atom. The number of benzene rings is 1. The number of fused-ring (bicyclic) bond motifs is 1. The predicted octanol–water partition coefficient (Wildman–Crippen LogP) is 4.87. The van der Waals surface area contributed by atoms with Crippen LogP contribution in [-0.4, -0.2) is 33.8 Å². The van der Waals surface area contributed by atoms with Crippen LogP contribution in [0.25, 0.3) is 11.0 Å². The van der Waals surface area contributed by atoms with Crippen molar-refractivity contribution < 1.29 is 13.5 Å². The molecule has 2 aromatic heterocycles. The predicted molar refractivity (Wildman–Crippen MR) is 120 cm³/mol. The molecule has 1 aromatic carbocycles. The molecule has 10 heteroatoms. The molecule has 3 aromatic rings. The minimum absolute atomic E-state index is 0.0350.